The highest BCUT2D eigenvalue weighted by molar-refractivity contribution is 5.42. The second-order valence-electron chi connectivity index (χ2n) is 5.81. The van der Waals surface area contributed by atoms with Gasteiger partial charge in [0.15, 0.2) is 0 Å². The Morgan fingerprint density at radius 2 is 2.06 bits per heavy atom. The lowest BCUT2D eigenvalue weighted by atomic mass is 9.93. The van der Waals surface area contributed by atoms with Crippen molar-refractivity contribution < 1.29 is 9.47 Å². The Balaban J connectivity index is 1.85. The molecule has 1 aromatic carbocycles. The summed E-state index contributed by atoms with van der Waals surface area (Å²) in [5.41, 5.74) is 1.06. The van der Waals surface area contributed by atoms with Crippen molar-refractivity contribution in [2.45, 2.75) is 51.0 Å². The van der Waals surface area contributed by atoms with Gasteiger partial charge in [0, 0.05) is 18.2 Å². The highest BCUT2D eigenvalue weighted by Gasteiger charge is 2.43. The van der Waals surface area contributed by atoms with E-state index in [1.807, 2.05) is 12.1 Å². The van der Waals surface area contributed by atoms with Crippen LogP contribution in [0.15, 0.2) is 24.3 Å². The molecule has 1 N–H and O–H groups in total. The van der Waals surface area contributed by atoms with Crippen molar-refractivity contribution in [3.63, 3.8) is 0 Å². The Morgan fingerprint density at radius 1 is 1.28 bits per heavy atom. The summed E-state index contributed by atoms with van der Waals surface area (Å²) in [6.45, 7) is 7.28. The van der Waals surface area contributed by atoms with Crippen LogP contribution in [0.1, 0.15) is 38.8 Å². The summed E-state index contributed by atoms with van der Waals surface area (Å²) < 4.78 is 11.7. The maximum absolute atomic E-state index is 6.05. The lowest BCUT2D eigenvalue weighted by Gasteiger charge is -2.30. The topological polar surface area (TPSA) is 30.5 Å². The first-order valence-corrected chi connectivity index (χ1v) is 6.73. The van der Waals surface area contributed by atoms with Crippen molar-refractivity contribution in [1.29, 1.82) is 0 Å². The van der Waals surface area contributed by atoms with Crippen molar-refractivity contribution in [3.8, 4) is 5.75 Å². The van der Waals surface area contributed by atoms with Crippen LogP contribution in [0.2, 0.25) is 0 Å². The number of rotatable bonds is 2. The van der Waals surface area contributed by atoms with Crippen molar-refractivity contribution in [2.24, 2.45) is 0 Å². The monoisotopic (exact) mass is 247 g/mol. The van der Waals surface area contributed by atoms with Crippen LogP contribution in [0, 0.1) is 0 Å². The fraction of sp³-hybridized carbons (Fsp3) is 0.600. The molecular formula is C15H21NO2. The summed E-state index contributed by atoms with van der Waals surface area (Å²) >= 11 is 0. The molecule has 3 nitrogen and oxygen atoms in total. The van der Waals surface area contributed by atoms with Gasteiger partial charge in [-0.25, -0.2) is 0 Å². The predicted octanol–water partition coefficient (Wildman–Crippen LogP) is 2.67. The lowest BCUT2D eigenvalue weighted by Crippen LogP contribution is -2.46. The first kappa shape index (κ1) is 12.0. The van der Waals surface area contributed by atoms with Crippen LogP contribution in [-0.4, -0.2) is 24.4 Å². The van der Waals surface area contributed by atoms with Gasteiger partial charge in [-0.1, -0.05) is 18.2 Å². The predicted molar refractivity (Wildman–Crippen MR) is 70.8 cm³/mol. The molecule has 1 saturated heterocycles. The van der Waals surface area contributed by atoms with E-state index in [-0.39, 0.29) is 17.7 Å². The van der Waals surface area contributed by atoms with Crippen molar-refractivity contribution in [2.75, 3.05) is 6.61 Å². The Labute approximate surface area is 108 Å². The Hall–Kier alpha value is -1.06. The molecule has 98 valence electrons. The van der Waals surface area contributed by atoms with Crippen molar-refractivity contribution in [3.05, 3.63) is 29.8 Å². The summed E-state index contributed by atoms with van der Waals surface area (Å²) in [7, 11) is 0. The molecule has 2 aliphatic heterocycles. The van der Waals surface area contributed by atoms with Crippen LogP contribution in [0.3, 0.4) is 0 Å². The largest absolute Gasteiger partial charge is 0.486 e. The maximum atomic E-state index is 6.05. The number of hydrogen-bond acceptors (Lipinski definition) is 3. The molecule has 3 atom stereocenters. The fourth-order valence-corrected chi connectivity index (χ4v) is 2.98. The Morgan fingerprint density at radius 3 is 2.78 bits per heavy atom. The molecule has 0 radical (unpaired) electrons. The number of nitrogens with one attached hydrogen (secondary N) is 1. The molecule has 2 heterocycles. The molecule has 1 aromatic rings. The van der Waals surface area contributed by atoms with Gasteiger partial charge in [0.2, 0.25) is 0 Å². The number of ether oxygens (including phenoxy) is 2. The number of para-hydroxylation sites is 1. The zero-order valence-corrected chi connectivity index (χ0v) is 11.3. The number of hydrogen-bond donors (Lipinski definition) is 1. The summed E-state index contributed by atoms with van der Waals surface area (Å²) in [6, 6.07) is 8.97. The van der Waals surface area contributed by atoms with E-state index >= 15 is 0 Å². The molecular weight excluding hydrogens is 226 g/mol. The number of fused-ring (bicyclic) bond motifs is 1. The molecule has 0 bridgehead atoms. The SMILES string of the molecule is CC1OCCC1NC1c2ccccc2OC1(C)C. The third-order valence-electron chi connectivity index (χ3n) is 4.06. The molecule has 3 unspecified atom stereocenters. The first-order chi connectivity index (χ1) is 8.58. The van der Waals surface area contributed by atoms with E-state index in [2.05, 4.69) is 38.2 Å². The quantitative estimate of drug-likeness (QED) is 0.871. The second kappa shape index (κ2) is 4.25. The maximum Gasteiger partial charge on any atom is 0.125 e. The zero-order valence-electron chi connectivity index (χ0n) is 11.3. The molecule has 0 spiro atoms. The third kappa shape index (κ3) is 1.91. The van der Waals surface area contributed by atoms with Gasteiger partial charge in [0.05, 0.1) is 12.1 Å². The molecule has 3 heteroatoms. The normalized spacial score (nSPS) is 33.2. The lowest BCUT2D eigenvalue weighted by molar-refractivity contribution is 0.0748. The second-order valence-corrected chi connectivity index (χ2v) is 5.81. The summed E-state index contributed by atoms with van der Waals surface area (Å²) in [5.74, 6) is 1.01. The van der Waals surface area contributed by atoms with Crippen LogP contribution in [0.25, 0.3) is 0 Å². The van der Waals surface area contributed by atoms with Gasteiger partial charge in [0.25, 0.3) is 0 Å². The Kier molecular flexibility index (Phi) is 2.83. The number of benzene rings is 1. The first-order valence-electron chi connectivity index (χ1n) is 6.73. The highest BCUT2D eigenvalue weighted by atomic mass is 16.5. The molecule has 1 fully saturated rings. The average Bonchev–Trinajstić information content (AvgIpc) is 2.82. The molecule has 0 saturated carbocycles. The van der Waals surface area contributed by atoms with E-state index in [1.54, 1.807) is 0 Å². The van der Waals surface area contributed by atoms with Crippen LogP contribution in [0.4, 0.5) is 0 Å². The van der Waals surface area contributed by atoms with Gasteiger partial charge >= 0.3 is 0 Å². The Bertz CT molecular complexity index is 444. The van der Waals surface area contributed by atoms with Gasteiger partial charge in [-0.05, 0) is 33.3 Å². The minimum Gasteiger partial charge on any atom is -0.486 e. The van der Waals surface area contributed by atoms with Crippen LogP contribution in [-0.2, 0) is 4.74 Å². The minimum atomic E-state index is -0.202. The van der Waals surface area contributed by atoms with E-state index in [4.69, 9.17) is 9.47 Å². The van der Waals surface area contributed by atoms with Gasteiger partial charge < -0.3 is 14.8 Å². The van der Waals surface area contributed by atoms with Crippen LogP contribution >= 0.6 is 0 Å². The molecule has 0 amide bonds. The smallest absolute Gasteiger partial charge is 0.125 e. The fourth-order valence-electron chi connectivity index (χ4n) is 2.98. The van der Waals surface area contributed by atoms with Gasteiger partial charge in [-0.3, -0.25) is 0 Å². The van der Waals surface area contributed by atoms with E-state index in [1.165, 1.54) is 5.56 Å². The van der Waals surface area contributed by atoms with Gasteiger partial charge in [-0.15, -0.1) is 0 Å². The summed E-state index contributed by atoms with van der Waals surface area (Å²) in [4.78, 5) is 0. The zero-order chi connectivity index (χ0) is 12.8. The van der Waals surface area contributed by atoms with E-state index in [0.29, 0.717) is 6.04 Å². The summed E-state index contributed by atoms with van der Waals surface area (Å²) in [5, 5.41) is 3.72. The van der Waals surface area contributed by atoms with Gasteiger partial charge in [0.1, 0.15) is 11.4 Å². The molecule has 2 aliphatic rings. The van der Waals surface area contributed by atoms with Crippen molar-refractivity contribution in [1.82, 2.24) is 5.32 Å². The standard InChI is InChI=1S/C15H21NO2/c1-10-12(8-9-17-10)16-14-11-6-4-5-7-13(11)18-15(14,2)3/h4-7,10,12,14,16H,8-9H2,1-3H3. The van der Waals surface area contributed by atoms with E-state index < -0.39 is 0 Å². The summed E-state index contributed by atoms with van der Waals surface area (Å²) in [6.07, 6.45) is 1.36. The van der Waals surface area contributed by atoms with E-state index in [9.17, 15) is 0 Å². The molecule has 18 heavy (non-hydrogen) atoms. The van der Waals surface area contributed by atoms with Gasteiger partial charge in [-0.2, -0.15) is 0 Å². The average molecular weight is 247 g/mol. The highest BCUT2D eigenvalue weighted by Crippen LogP contribution is 2.43. The van der Waals surface area contributed by atoms with Crippen LogP contribution in [0.5, 0.6) is 5.75 Å². The minimum absolute atomic E-state index is 0.202. The van der Waals surface area contributed by atoms with E-state index in [0.717, 1.165) is 18.8 Å². The van der Waals surface area contributed by atoms with Crippen molar-refractivity contribution >= 4 is 0 Å². The van der Waals surface area contributed by atoms with Crippen LogP contribution < -0.4 is 10.1 Å². The third-order valence-corrected chi connectivity index (χ3v) is 4.06. The molecule has 0 aliphatic carbocycles. The molecule has 0 aromatic heterocycles. The molecule has 3 rings (SSSR count).